The first-order chi connectivity index (χ1) is 10.6. The molecule has 0 unspecified atom stereocenters. The molecule has 0 spiro atoms. The van der Waals surface area contributed by atoms with Gasteiger partial charge in [-0.2, -0.15) is 0 Å². The Morgan fingerprint density at radius 1 is 1.14 bits per heavy atom. The summed E-state index contributed by atoms with van der Waals surface area (Å²) in [5.41, 5.74) is 2.19. The molecular weight excluding hydrogens is 280 g/mol. The highest BCUT2D eigenvalue weighted by molar-refractivity contribution is 5.95. The highest BCUT2D eigenvalue weighted by Gasteiger charge is 2.19. The minimum Gasteiger partial charge on any atom is -0.481 e. The Balaban J connectivity index is 2.21. The Labute approximate surface area is 129 Å². The van der Waals surface area contributed by atoms with Crippen LogP contribution >= 0.6 is 0 Å². The van der Waals surface area contributed by atoms with Crippen LogP contribution in [0.4, 0.5) is 0 Å². The van der Waals surface area contributed by atoms with Crippen molar-refractivity contribution < 1.29 is 14.7 Å². The van der Waals surface area contributed by atoms with E-state index in [0.29, 0.717) is 12.1 Å². The molecule has 22 heavy (non-hydrogen) atoms. The van der Waals surface area contributed by atoms with Crippen molar-refractivity contribution in [1.29, 1.82) is 0 Å². The number of benzene rings is 1. The average molecular weight is 298 g/mol. The molecule has 0 aliphatic rings. The van der Waals surface area contributed by atoms with Crippen LogP contribution in [0.2, 0.25) is 0 Å². The number of hydrogen-bond acceptors (Lipinski definition) is 3. The van der Waals surface area contributed by atoms with Gasteiger partial charge in [-0.1, -0.05) is 24.3 Å². The molecule has 0 aliphatic heterocycles. The van der Waals surface area contributed by atoms with Gasteiger partial charge < -0.3 is 10.0 Å². The van der Waals surface area contributed by atoms with Gasteiger partial charge in [-0.3, -0.25) is 14.6 Å². The minimum absolute atomic E-state index is 0.0928. The molecule has 1 amide bonds. The molecule has 0 saturated heterocycles. The summed E-state index contributed by atoms with van der Waals surface area (Å²) in [7, 11) is 0. The third-order valence-corrected chi connectivity index (χ3v) is 3.34. The van der Waals surface area contributed by atoms with E-state index in [2.05, 4.69) is 4.98 Å². The van der Waals surface area contributed by atoms with E-state index in [9.17, 15) is 9.59 Å². The highest BCUT2D eigenvalue weighted by Crippen LogP contribution is 2.13. The van der Waals surface area contributed by atoms with Gasteiger partial charge in [0.25, 0.3) is 5.91 Å². The van der Waals surface area contributed by atoms with Crippen LogP contribution in [0, 0.1) is 6.92 Å². The lowest BCUT2D eigenvalue weighted by molar-refractivity contribution is -0.137. The summed E-state index contributed by atoms with van der Waals surface area (Å²) < 4.78 is 0. The van der Waals surface area contributed by atoms with Gasteiger partial charge in [-0.25, -0.2) is 0 Å². The van der Waals surface area contributed by atoms with Crippen LogP contribution in [0.25, 0.3) is 0 Å². The Bertz CT molecular complexity index is 656. The molecule has 0 aliphatic carbocycles. The molecule has 0 radical (unpaired) electrons. The largest absolute Gasteiger partial charge is 0.481 e. The predicted octanol–water partition coefficient (Wildman–Crippen LogP) is 2.51. The number of carboxylic acid groups (broad SMARTS) is 1. The van der Waals surface area contributed by atoms with Crippen molar-refractivity contribution in [1.82, 2.24) is 9.88 Å². The van der Waals surface area contributed by atoms with Gasteiger partial charge in [-0.15, -0.1) is 0 Å². The zero-order chi connectivity index (χ0) is 15.9. The Morgan fingerprint density at radius 3 is 2.50 bits per heavy atom. The smallest absolute Gasteiger partial charge is 0.305 e. The van der Waals surface area contributed by atoms with Crippen molar-refractivity contribution in [3.63, 3.8) is 0 Å². The Hall–Kier alpha value is -2.69. The molecule has 0 saturated carbocycles. The van der Waals surface area contributed by atoms with Gasteiger partial charge in [0.15, 0.2) is 0 Å². The number of nitrogens with zero attached hydrogens (tertiary/aromatic N) is 2. The summed E-state index contributed by atoms with van der Waals surface area (Å²) in [6, 6.07) is 12.7. The highest BCUT2D eigenvalue weighted by atomic mass is 16.4. The first-order valence-electron chi connectivity index (χ1n) is 7.04. The first-order valence-corrected chi connectivity index (χ1v) is 7.04. The van der Waals surface area contributed by atoms with Crippen molar-refractivity contribution in [3.05, 3.63) is 65.5 Å². The maximum atomic E-state index is 12.7. The molecule has 1 aromatic heterocycles. The van der Waals surface area contributed by atoms with E-state index >= 15 is 0 Å². The van der Waals surface area contributed by atoms with E-state index in [-0.39, 0.29) is 18.9 Å². The lowest BCUT2D eigenvalue weighted by Crippen LogP contribution is -2.33. The lowest BCUT2D eigenvalue weighted by atomic mass is 10.1. The van der Waals surface area contributed by atoms with Crippen molar-refractivity contribution in [3.8, 4) is 0 Å². The number of carboxylic acids is 1. The van der Waals surface area contributed by atoms with E-state index in [1.165, 1.54) is 4.90 Å². The number of rotatable bonds is 6. The van der Waals surface area contributed by atoms with Crippen LogP contribution in [-0.2, 0) is 11.3 Å². The molecule has 5 nitrogen and oxygen atoms in total. The van der Waals surface area contributed by atoms with E-state index < -0.39 is 5.97 Å². The molecule has 0 atom stereocenters. The summed E-state index contributed by atoms with van der Waals surface area (Å²) >= 11 is 0. The van der Waals surface area contributed by atoms with Gasteiger partial charge in [0.05, 0.1) is 18.7 Å². The second-order valence-corrected chi connectivity index (χ2v) is 5.01. The Kier molecular flexibility index (Phi) is 5.25. The SMILES string of the molecule is Cc1ccccc1C(=O)N(CCC(=O)O)Cc1ccccn1. The molecule has 114 valence electrons. The second-order valence-electron chi connectivity index (χ2n) is 5.01. The number of amides is 1. The number of aromatic nitrogens is 1. The third kappa shape index (κ3) is 4.15. The predicted molar refractivity (Wildman–Crippen MR) is 82.4 cm³/mol. The molecule has 1 aromatic carbocycles. The molecule has 0 bridgehead atoms. The topological polar surface area (TPSA) is 70.5 Å². The average Bonchev–Trinajstić information content (AvgIpc) is 2.52. The molecule has 1 heterocycles. The number of pyridine rings is 1. The zero-order valence-corrected chi connectivity index (χ0v) is 12.4. The Morgan fingerprint density at radius 2 is 1.86 bits per heavy atom. The maximum absolute atomic E-state index is 12.7. The van der Waals surface area contributed by atoms with Crippen LogP contribution in [0.15, 0.2) is 48.7 Å². The summed E-state index contributed by atoms with van der Waals surface area (Å²) in [5, 5.41) is 8.88. The van der Waals surface area contributed by atoms with Crippen molar-refractivity contribution >= 4 is 11.9 Å². The minimum atomic E-state index is -0.927. The first kappa shape index (κ1) is 15.7. The van der Waals surface area contributed by atoms with Crippen molar-refractivity contribution in [2.75, 3.05) is 6.54 Å². The fraction of sp³-hybridized carbons (Fsp3) is 0.235. The van der Waals surface area contributed by atoms with Gasteiger partial charge in [0.1, 0.15) is 0 Å². The summed E-state index contributed by atoms with van der Waals surface area (Å²) in [6.45, 7) is 2.31. The summed E-state index contributed by atoms with van der Waals surface area (Å²) in [4.78, 5) is 29.2. The summed E-state index contributed by atoms with van der Waals surface area (Å²) in [5.74, 6) is -1.10. The molecule has 5 heteroatoms. The fourth-order valence-corrected chi connectivity index (χ4v) is 2.15. The van der Waals surface area contributed by atoms with Crippen LogP contribution in [-0.4, -0.2) is 33.4 Å². The molecule has 1 N–H and O–H groups in total. The third-order valence-electron chi connectivity index (χ3n) is 3.34. The number of hydrogen-bond donors (Lipinski definition) is 1. The summed E-state index contributed by atoms with van der Waals surface area (Å²) in [6.07, 6.45) is 1.56. The van der Waals surface area contributed by atoms with Crippen LogP contribution in [0.1, 0.15) is 28.0 Å². The van der Waals surface area contributed by atoms with Gasteiger partial charge in [-0.05, 0) is 30.7 Å². The lowest BCUT2D eigenvalue weighted by Gasteiger charge is -2.22. The standard InChI is InChI=1S/C17H18N2O3/c1-13-6-2-3-8-15(13)17(22)19(11-9-16(20)21)12-14-7-4-5-10-18-14/h2-8,10H,9,11-12H2,1H3,(H,20,21). The van der Waals surface area contributed by atoms with Crippen molar-refractivity contribution in [2.45, 2.75) is 19.9 Å². The monoisotopic (exact) mass is 298 g/mol. The normalized spacial score (nSPS) is 10.2. The quantitative estimate of drug-likeness (QED) is 0.889. The number of carbonyl (C=O) groups excluding carboxylic acids is 1. The fourth-order valence-electron chi connectivity index (χ4n) is 2.15. The van der Waals surface area contributed by atoms with Gasteiger partial charge in [0.2, 0.25) is 0 Å². The molecular formula is C17H18N2O3. The zero-order valence-electron chi connectivity index (χ0n) is 12.4. The van der Waals surface area contributed by atoms with Crippen LogP contribution < -0.4 is 0 Å². The van der Waals surface area contributed by atoms with E-state index in [4.69, 9.17) is 5.11 Å². The molecule has 2 aromatic rings. The van der Waals surface area contributed by atoms with Gasteiger partial charge in [0, 0.05) is 18.3 Å². The van der Waals surface area contributed by atoms with E-state index in [1.807, 2.05) is 31.2 Å². The molecule has 2 rings (SSSR count). The maximum Gasteiger partial charge on any atom is 0.305 e. The number of carbonyl (C=O) groups is 2. The van der Waals surface area contributed by atoms with Gasteiger partial charge >= 0.3 is 5.97 Å². The number of aryl methyl sites for hydroxylation is 1. The second kappa shape index (κ2) is 7.36. The van der Waals surface area contributed by atoms with Crippen LogP contribution in [0.3, 0.4) is 0 Å². The van der Waals surface area contributed by atoms with Crippen molar-refractivity contribution in [2.24, 2.45) is 0 Å². The van der Waals surface area contributed by atoms with E-state index in [1.54, 1.807) is 24.4 Å². The van der Waals surface area contributed by atoms with Crippen LogP contribution in [0.5, 0.6) is 0 Å². The molecule has 0 fully saturated rings. The number of aliphatic carboxylic acids is 1. The van der Waals surface area contributed by atoms with E-state index in [0.717, 1.165) is 11.3 Å².